The van der Waals surface area contributed by atoms with Gasteiger partial charge >= 0.3 is 0 Å². The first-order valence-corrected chi connectivity index (χ1v) is 8.12. The van der Waals surface area contributed by atoms with Crippen molar-refractivity contribution in [1.29, 1.82) is 0 Å². The van der Waals surface area contributed by atoms with Crippen LogP contribution < -0.4 is 10.6 Å². The predicted molar refractivity (Wildman–Crippen MR) is 90.0 cm³/mol. The van der Waals surface area contributed by atoms with Gasteiger partial charge in [-0.2, -0.15) is 0 Å². The maximum atomic E-state index is 11.8. The van der Waals surface area contributed by atoms with E-state index < -0.39 is 0 Å². The highest BCUT2D eigenvalue weighted by molar-refractivity contribution is 5.86. The molecule has 1 fully saturated rings. The van der Waals surface area contributed by atoms with Gasteiger partial charge in [-0.15, -0.1) is 0 Å². The molecule has 6 heteroatoms. The molecule has 1 heterocycles. The van der Waals surface area contributed by atoms with Gasteiger partial charge in [-0.3, -0.25) is 9.79 Å². The second-order valence-electron chi connectivity index (χ2n) is 6.96. The highest BCUT2D eigenvalue weighted by Gasteiger charge is 2.17. The van der Waals surface area contributed by atoms with Crippen molar-refractivity contribution in [2.75, 3.05) is 40.4 Å². The number of nitrogens with zero attached hydrogens (tertiary/aromatic N) is 2. The number of guanidine groups is 1. The monoisotopic (exact) mass is 312 g/mol. The van der Waals surface area contributed by atoms with Gasteiger partial charge in [-0.1, -0.05) is 0 Å². The van der Waals surface area contributed by atoms with Gasteiger partial charge in [-0.05, 0) is 46.0 Å². The summed E-state index contributed by atoms with van der Waals surface area (Å²) in [7, 11) is 3.76. The van der Waals surface area contributed by atoms with E-state index in [1.54, 1.807) is 7.05 Å². The first kappa shape index (κ1) is 18.7. The third-order valence-electron chi connectivity index (χ3n) is 3.71. The molecule has 0 spiro atoms. The van der Waals surface area contributed by atoms with E-state index in [2.05, 4.69) is 20.5 Å². The molecule has 0 atom stereocenters. The quantitative estimate of drug-likeness (QED) is 0.592. The summed E-state index contributed by atoms with van der Waals surface area (Å²) in [5, 5.41) is 6.05. The van der Waals surface area contributed by atoms with E-state index in [1.807, 2.05) is 27.8 Å². The summed E-state index contributed by atoms with van der Waals surface area (Å²) >= 11 is 0. The fourth-order valence-electron chi connectivity index (χ4n) is 2.52. The summed E-state index contributed by atoms with van der Waals surface area (Å²) in [4.78, 5) is 18.2. The van der Waals surface area contributed by atoms with Crippen molar-refractivity contribution in [2.24, 2.45) is 10.9 Å². The Labute approximate surface area is 134 Å². The van der Waals surface area contributed by atoms with Gasteiger partial charge in [-0.25, -0.2) is 0 Å². The first-order valence-electron chi connectivity index (χ1n) is 8.12. The Morgan fingerprint density at radius 3 is 2.50 bits per heavy atom. The molecule has 1 saturated heterocycles. The number of carbonyl (C=O) groups excluding carboxylic acids is 1. The van der Waals surface area contributed by atoms with Gasteiger partial charge in [0.05, 0.1) is 6.54 Å². The Balaban J connectivity index is 2.31. The number of rotatable bonds is 5. The molecule has 0 aliphatic carbocycles. The average molecular weight is 312 g/mol. The molecule has 22 heavy (non-hydrogen) atoms. The molecule has 0 aromatic heterocycles. The lowest BCUT2D eigenvalue weighted by Crippen LogP contribution is -2.48. The highest BCUT2D eigenvalue weighted by atomic mass is 16.5. The molecule has 0 unspecified atom stereocenters. The highest BCUT2D eigenvalue weighted by Crippen LogP contribution is 2.18. The van der Waals surface area contributed by atoms with Crippen LogP contribution in [-0.4, -0.2) is 62.7 Å². The number of hydrogen-bond donors (Lipinski definition) is 2. The standard InChI is InChI=1S/C16H32N4O2/c1-16(2,3)19-14(21)12-18-15(17-4)20(5)9-6-13-7-10-22-11-8-13/h13H,6-12H2,1-5H3,(H,17,18)(H,19,21). The zero-order chi connectivity index (χ0) is 16.6. The second-order valence-corrected chi connectivity index (χ2v) is 6.96. The molecule has 1 aliphatic heterocycles. The summed E-state index contributed by atoms with van der Waals surface area (Å²) in [6.45, 7) is 8.86. The van der Waals surface area contributed by atoms with Gasteiger partial charge in [0.2, 0.25) is 5.91 Å². The Kier molecular flexibility index (Phi) is 7.65. The molecule has 1 amide bonds. The van der Waals surface area contributed by atoms with Crippen LogP contribution in [0, 0.1) is 5.92 Å². The number of amides is 1. The molecule has 0 bridgehead atoms. The summed E-state index contributed by atoms with van der Waals surface area (Å²) in [5.41, 5.74) is -0.211. The molecule has 1 rings (SSSR count). The van der Waals surface area contributed by atoms with Crippen LogP contribution in [0.3, 0.4) is 0 Å². The SMILES string of the molecule is CN=C(NCC(=O)NC(C)(C)C)N(C)CCC1CCOCC1. The molecular formula is C16H32N4O2. The van der Waals surface area contributed by atoms with Crippen LogP contribution in [-0.2, 0) is 9.53 Å². The van der Waals surface area contributed by atoms with Crippen molar-refractivity contribution in [3.63, 3.8) is 0 Å². The third-order valence-corrected chi connectivity index (χ3v) is 3.71. The minimum atomic E-state index is -0.211. The number of hydrogen-bond acceptors (Lipinski definition) is 3. The van der Waals surface area contributed by atoms with E-state index in [-0.39, 0.29) is 18.0 Å². The van der Waals surface area contributed by atoms with E-state index in [1.165, 1.54) is 0 Å². The molecule has 1 aliphatic rings. The van der Waals surface area contributed by atoms with Crippen LogP contribution in [0.15, 0.2) is 4.99 Å². The minimum absolute atomic E-state index is 0.0218. The lowest BCUT2D eigenvalue weighted by atomic mass is 9.96. The Morgan fingerprint density at radius 1 is 1.32 bits per heavy atom. The summed E-state index contributed by atoms with van der Waals surface area (Å²) < 4.78 is 5.39. The minimum Gasteiger partial charge on any atom is -0.381 e. The van der Waals surface area contributed by atoms with E-state index >= 15 is 0 Å². The van der Waals surface area contributed by atoms with Crippen LogP contribution >= 0.6 is 0 Å². The topological polar surface area (TPSA) is 66.0 Å². The zero-order valence-electron chi connectivity index (χ0n) is 14.7. The Hall–Kier alpha value is -1.30. The molecule has 0 aromatic rings. The number of aliphatic imine (C=N–C) groups is 1. The first-order chi connectivity index (χ1) is 10.3. The molecule has 0 saturated carbocycles. The summed E-state index contributed by atoms with van der Waals surface area (Å²) in [5.74, 6) is 1.47. The molecular weight excluding hydrogens is 280 g/mol. The summed E-state index contributed by atoms with van der Waals surface area (Å²) in [6, 6.07) is 0. The normalized spacial score (nSPS) is 17.2. The van der Waals surface area contributed by atoms with Crippen LogP contribution in [0.2, 0.25) is 0 Å². The van der Waals surface area contributed by atoms with Crippen LogP contribution in [0.25, 0.3) is 0 Å². The molecule has 128 valence electrons. The van der Waals surface area contributed by atoms with Crippen LogP contribution in [0.5, 0.6) is 0 Å². The van der Waals surface area contributed by atoms with Gasteiger partial charge in [0, 0.05) is 39.4 Å². The zero-order valence-corrected chi connectivity index (χ0v) is 14.7. The van der Waals surface area contributed by atoms with Gasteiger partial charge < -0.3 is 20.3 Å². The van der Waals surface area contributed by atoms with E-state index in [0.29, 0.717) is 0 Å². The van der Waals surface area contributed by atoms with Crippen molar-refractivity contribution in [2.45, 2.75) is 45.6 Å². The summed E-state index contributed by atoms with van der Waals surface area (Å²) in [6.07, 6.45) is 3.43. The number of carbonyl (C=O) groups is 1. The Morgan fingerprint density at radius 2 is 1.95 bits per heavy atom. The van der Waals surface area contributed by atoms with Gasteiger partial charge in [0.15, 0.2) is 5.96 Å². The van der Waals surface area contributed by atoms with E-state index in [0.717, 1.165) is 50.9 Å². The van der Waals surface area contributed by atoms with Crippen molar-refractivity contribution >= 4 is 11.9 Å². The maximum absolute atomic E-state index is 11.8. The fourth-order valence-corrected chi connectivity index (χ4v) is 2.52. The number of ether oxygens (including phenoxy) is 1. The van der Waals surface area contributed by atoms with Crippen molar-refractivity contribution < 1.29 is 9.53 Å². The number of nitrogens with one attached hydrogen (secondary N) is 2. The second kappa shape index (κ2) is 8.98. The van der Waals surface area contributed by atoms with Gasteiger partial charge in [0.25, 0.3) is 0 Å². The predicted octanol–water partition coefficient (Wildman–Crippen LogP) is 1.23. The lowest BCUT2D eigenvalue weighted by molar-refractivity contribution is -0.121. The average Bonchev–Trinajstić information content (AvgIpc) is 2.45. The van der Waals surface area contributed by atoms with Crippen LogP contribution in [0.1, 0.15) is 40.0 Å². The fraction of sp³-hybridized carbons (Fsp3) is 0.875. The van der Waals surface area contributed by atoms with Crippen molar-refractivity contribution in [3.8, 4) is 0 Å². The molecule has 6 nitrogen and oxygen atoms in total. The van der Waals surface area contributed by atoms with Crippen molar-refractivity contribution in [1.82, 2.24) is 15.5 Å². The molecule has 0 aromatic carbocycles. The van der Waals surface area contributed by atoms with Crippen molar-refractivity contribution in [3.05, 3.63) is 0 Å². The van der Waals surface area contributed by atoms with E-state index in [4.69, 9.17) is 4.74 Å². The van der Waals surface area contributed by atoms with E-state index in [9.17, 15) is 4.79 Å². The molecule has 0 radical (unpaired) electrons. The van der Waals surface area contributed by atoms with Crippen LogP contribution in [0.4, 0.5) is 0 Å². The molecule has 2 N–H and O–H groups in total. The maximum Gasteiger partial charge on any atom is 0.239 e. The smallest absolute Gasteiger partial charge is 0.239 e. The van der Waals surface area contributed by atoms with Gasteiger partial charge in [0.1, 0.15) is 0 Å². The third kappa shape index (κ3) is 7.64. The largest absolute Gasteiger partial charge is 0.381 e. The lowest BCUT2D eigenvalue weighted by Gasteiger charge is -2.27. The Bertz CT molecular complexity index is 371.